The van der Waals surface area contributed by atoms with Crippen LogP contribution in [0.3, 0.4) is 0 Å². The molecule has 0 saturated heterocycles. The van der Waals surface area contributed by atoms with Crippen molar-refractivity contribution in [2.45, 2.75) is 6.92 Å². The molecule has 3 heteroatoms. The van der Waals surface area contributed by atoms with Gasteiger partial charge < -0.3 is 0 Å². The van der Waals surface area contributed by atoms with Crippen LogP contribution in [0.5, 0.6) is 0 Å². The molecular formula is C9H7ClF2. The molecule has 1 aromatic carbocycles. The summed E-state index contributed by atoms with van der Waals surface area (Å²) in [5.41, 5.74) is 1.16. The van der Waals surface area contributed by atoms with Crippen molar-refractivity contribution in [1.29, 1.82) is 0 Å². The first kappa shape index (κ1) is 9.20. The van der Waals surface area contributed by atoms with Gasteiger partial charge in [-0.25, -0.2) is 0 Å². The van der Waals surface area contributed by atoms with Crippen LogP contribution in [0.15, 0.2) is 24.3 Å². The Morgan fingerprint density at radius 3 is 2.67 bits per heavy atom. The van der Waals surface area contributed by atoms with Gasteiger partial charge in [0, 0.05) is 6.08 Å². The number of aryl methyl sites for hydroxylation is 1. The van der Waals surface area contributed by atoms with Gasteiger partial charge in [0.1, 0.15) is 0 Å². The van der Waals surface area contributed by atoms with E-state index >= 15 is 0 Å². The third-order valence-corrected chi connectivity index (χ3v) is 2.00. The maximum atomic E-state index is 11.8. The predicted octanol–water partition coefficient (Wildman–Crippen LogP) is 3.89. The van der Waals surface area contributed by atoms with Gasteiger partial charge in [0.15, 0.2) is 0 Å². The predicted molar refractivity (Wildman–Crippen MR) is 46.4 cm³/mol. The minimum absolute atomic E-state index is 0.358. The van der Waals surface area contributed by atoms with Crippen molar-refractivity contribution in [2.75, 3.05) is 0 Å². The molecule has 0 radical (unpaired) electrons. The van der Waals surface area contributed by atoms with E-state index in [9.17, 15) is 8.78 Å². The minimum Gasteiger partial charge on any atom is -0.173 e. The second kappa shape index (κ2) is 3.68. The van der Waals surface area contributed by atoms with Gasteiger partial charge in [-0.3, -0.25) is 0 Å². The Morgan fingerprint density at radius 1 is 1.42 bits per heavy atom. The van der Waals surface area contributed by atoms with Gasteiger partial charge in [-0.1, -0.05) is 29.8 Å². The van der Waals surface area contributed by atoms with Crippen molar-refractivity contribution in [3.05, 3.63) is 40.4 Å². The van der Waals surface area contributed by atoms with Gasteiger partial charge >= 0.3 is 0 Å². The van der Waals surface area contributed by atoms with Crippen LogP contribution in [0.2, 0.25) is 5.02 Å². The lowest BCUT2D eigenvalue weighted by Crippen LogP contribution is -1.79. The molecule has 0 fully saturated rings. The van der Waals surface area contributed by atoms with Crippen molar-refractivity contribution < 1.29 is 8.78 Å². The molecule has 0 amide bonds. The van der Waals surface area contributed by atoms with Crippen molar-refractivity contribution in [2.24, 2.45) is 0 Å². The summed E-state index contributed by atoms with van der Waals surface area (Å²) in [4.78, 5) is 0. The summed E-state index contributed by atoms with van der Waals surface area (Å²) in [5, 5.41) is 0.380. The number of rotatable bonds is 1. The Morgan fingerprint density at radius 2 is 2.08 bits per heavy atom. The van der Waals surface area contributed by atoms with Crippen LogP contribution in [-0.2, 0) is 0 Å². The van der Waals surface area contributed by atoms with Crippen LogP contribution in [0.25, 0.3) is 6.08 Å². The molecular weight excluding hydrogens is 182 g/mol. The fourth-order valence-electron chi connectivity index (χ4n) is 0.899. The molecule has 0 aliphatic heterocycles. The summed E-state index contributed by atoms with van der Waals surface area (Å²) in [6.07, 6.45) is -0.975. The third kappa shape index (κ3) is 2.05. The second-order valence-electron chi connectivity index (χ2n) is 2.41. The van der Waals surface area contributed by atoms with E-state index in [2.05, 4.69) is 0 Å². The molecule has 0 unspecified atom stereocenters. The molecule has 1 rings (SSSR count). The molecule has 0 atom stereocenters. The molecule has 0 saturated carbocycles. The van der Waals surface area contributed by atoms with Crippen LogP contribution in [-0.4, -0.2) is 0 Å². The van der Waals surface area contributed by atoms with Gasteiger partial charge in [-0.05, 0) is 18.1 Å². The largest absolute Gasteiger partial charge is 0.270 e. The van der Waals surface area contributed by atoms with Gasteiger partial charge in [0.05, 0.1) is 5.02 Å². The highest BCUT2D eigenvalue weighted by molar-refractivity contribution is 6.32. The van der Waals surface area contributed by atoms with E-state index in [1.54, 1.807) is 25.1 Å². The number of benzene rings is 1. The first-order valence-corrected chi connectivity index (χ1v) is 3.77. The fourth-order valence-corrected chi connectivity index (χ4v) is 1.08. The standard InChI is InChI=1S/C9H7ClF2/c1-6-3-2-4-7(9(6)10)5-8(11)12/h2-5H,1H3. The van der Waals surface area contributed by atoms with E-state index in [0.717, 1.165) is 11.6 Å². The number of halogens is 3. The van der Waals surface area contributed by atoms with Crippen molar-refractivity contribution in [1.82, 2.24) is 0 Å². The summed E-state index contributed by atoms with van der Waals surface area (Å²) < 4.78 is 23.7. The summed E-state index contributed by atoms with van der Waals surface area (Å²) in [7, 11) is 0. The minimum atomic E-state index is -1.73. The Kier molecular flexibility index (Phi) is 2.82. The molecule has 1 aromatic rings. The molecule has 0 spiro atoms. The van der Waals surface area contributed by atoms with Crippen LogP contribution < -0.4 is 0 Å². The monoisotopic (exact) mass is 188 g/mol. The molecule has 0 aliphatic carbocycles. The zero-order valence-electron chi connectivity index (χ0n) is 6.44. The first-order chi connectivity index (χ1) is 5.61. The average molecular weight is 189 g/mol. The second-order valence-corrected chi connectivity index (χ2v) is 2.79. The number of hydrogen-bond acceptors (Lipinski definition) is 0. The van der Waals surface area contributed by atoms with Gasteiger partial charge in [0.2, 0.25) is 0 Å². The fraction of sp³-hybridized carbons (Fsp3) is 0.111. The Balaban J connectivity index is 3.17. The molecule has 0 aromatic heterocycles. The molecule has 64 valence electrons. The zero-order chi connectivity index (χ0) is 9.14. The van der Waals surface area contributed by atoms with E-state index in [1.165, 1.54) is 0 Å². The van der Waals surface area contributed by atoms with Crippen LogP contribution in [0.4, 0.5) is 8.78 Å². The average Bonchev–Trinajstić information content (AvgIpc) is 1.98. The van der Waals surface area contributed by atoms with Crippen molar-refractivity contribution in [3.8, 4) is 0 Å². The summed E-state index contributed by atoms with van der Waals surface area (Å²) >= 11 is 5.76. The third-order valence-electron chi connectivity index (χ3n) is 1.49. The lowest BCUT2D eigenvalue weighted by atomic mass is 10.1. The first-order valence-electron chi connectivity index (χ1n) is 3.39. The zero-order valence-corrected chi connectivity index (χ0v) is 7.20. The smallest absolute Gasteiger partial charge is 0.173 e. The van der Waals surface area contributed by atoms with Gasteiger partial charge in [-0.15, -0.1) is 0 Å². The quantitative estimate of drug-likeness (QED) is 0.627. The molecule has 12 heavy (non-hydrogen) atoms. The van der Waals surface area contributed by atoms with E-state index < -0.39 is 6.08 Å². The van der Waals surface area contributed by atoms with Gasteiger partial charge in [-0.2, -0.15) is 8.78 Å². The summed E-state index contributed by atoms with van der Waals surface area (Å²) in [5.74, 6) is 0. The SMILES string of the molecule is Cc1cccc(C=C(F)F)c1Cl. The Hall–Kier alpha value is -0.890. The lowest BCUT2D eigenvalue weighted by Gasteiger charge is -2.00. The Bertz CT molecular complexity index is 314. The normalized spacial score (nSPS) is 9.67. The van der Waals surface area contributed by atoms with E-state index in [1.807, 2.05) is 0 Å². The Labute approximate surface area is 74.5 Å². The lowest BCUT2D eigenvalue weighted by molar-refractivity contribution is 0.429. The molecule has 0 bridgehead atoms. The molecule has 0 aliphatic rings. The van der Waals surface area contributed by atoms with Crippen molar-refractivity contribution >= 4 is 17.7 Å². The highest BCUT2D eigenvalue weighted by Crippen LogP contribution is 2.22. The molecule has 0 nitrogen and oxygen atoms in total. The topological polar surface area (TPSA) is 0 Å². The summed E-state index contributed by atoms with van der Waals surface area (Å²) in [6, 6.07) is 5.01. The highest BCUT2D eigenvalue weighted by atomic mass is 35.5. The molecule has 0 N–H and O–H groups in total. The van der Waals surface area contributed by atoms with Gasteiger partial charge in [0.25, 0.3) is 6.08 Å². The van der Waals surface area contributed by atoms with Crippen LogP contribution in [0, 0.1) is 6.92 Å². The van der Waals surface area contributed by atoms with Crippen LogP contribution in [0.1, 0.15) is 11.1 Å². The van der Waals surface area contributed by atoms with Crippen LogP contribution >= 0.6 is 11.6 Å². The highest BCUT2D eigenvalue weighted by Gasteiger charge is 2.00. The van der Waals surface area contributed by atoms with Crippen molar-refractivity contribution in [3.63, 3.8) is 0 Å². The summed E-state index contributed by atoms with van der Waals surface area (Å²) in [6.45, 7) is 1.77. The maximum absolute atomic E-state index is 11.8. The maximum Gasteiger partial charge on any atom is 0.270 e. The van der Waals surface area contributed by atoms with E-state index in [4.69, 9.17) is 11.6 Å². The molecule has 0 heterocycles. The van der Waals surface area contributed by atoms with E-state index in [-0.39, 0.29) is 0 Å². The van der Waals surface area contributed by atoms with E-state index in [0.29, 0.717) is 10.6 Å². The number of hydrogen-bond donors (Lipinski definition) is 0.